The van der Waals surface area contributed by atoms with Crippen LogP contribution in [0.3, 0.4) is 0 Å². The van der Waals surface area contributed by atoms with Crippen molar-refractivity contribution in [2.24, 2.45) is 5.10 Å². The first-order valence-corrected chi connectivity index (χ1v) is 9.74. The lowest BCUT2D eigenvalue weighted by Gasteiger charge is -2.06. The molecule has 0 saturated carbocycles. The van der Waals surface area contributed by atoms with Crippen molar-refractivity contribution in [2.75, 3.05) is 0 Å². The molecule has 3 aromatic carbocycles. The molecule has 0 unspecified atom stereocenters. The second-order valence-electron chi connectivity index (χ2n) is 6.56. The third kappa shape index (κ3) is 4.90. The Labute approximate surface area is 182 Å². The summed E-state index contributed by atoms with van der Waals surface area (Å²) in [5, 5.41) is 22.3. The Hall–Kier alpha value is -4.11. The molecule has 0 bridgehead atoms. The summed E-state index contributed by atoms with van der Waals surface area (Å²) in [5.74, 6) is 1.27. The van der Waals surface area contributed by atoms with E-state index in [-0.39, 0.29) is 12.3 Å². The van der Waals surface area contributed by atoms with Gasteiger partial charge in [-0.25, -0.2) is 5.10 Å². The quantitative estimate of drug-likeness (QED) is 0.193. The van der Waals surface area contributed by atoms with Crippen LogP contribution in [0, 0.1) is 14.9 Å². The number of aromatic nitrogens is 3. The fourth-order valence-electron chi connectivity index (χ4n) is 2.87. The minimum absolute atomic E-state index is 0.0420. The molecule has 1 aromatic heterocycles. The average Bonchev–Trinajstić information content (AvgIpc) is 3.18. The zero-order valence-corrected chi connectivity index (χ0v) is 17.0. The van der Waals surface area contributed by atoms with Gasteiger partial charge >= 0.3 is 0 Å². The number of non-ortho nitro benzene ring substituents is 1. The monoisotopic (exact) mass is 431 g/mol. The van der Waals surface area contributed by atoms with Crippen molar-refractivity contribution in [2.45, 2.75) is 6.61 Å². The SMILES string of the molecule is O=[N+]([O-])c1cccc(COc2ccc(/C=N\n3c(-c4ccccc4)n[nH]c3=S)cc2)c1. The molecule has 0 aliphatic heterocycles. The number of nitrogens with zero attached hydrogens (tertiary/aromatic N) is 4. The summed E-state index contributed by atoms with van der Waals surface area (Å²) in [6.07, 6.45) is 1.68. The van der Waals surface area contributed by atoms with Crippen LogP contribution in [0.25, 0.3) is 11.4 Å². The van der Waals surface area contributed by atoms with Gasteiger partial charge in [-0.2, -0.15) is 14.9 Å². The molecule has 1 N–H and O–H groups in total. The minimum Gasteiger partial charge on any atom is -0.489 e. The first-order chi connectivity index (χ1) is 15.1. The number of H-pyrrole nitrogens is 1. The van der Waals surface area contributed by atoms with E-state index in [0.717, 1.165) is 16.7 Å². The van der Waals surface area contributed by atoms with Crippen LogP contribution in [0.5, 0.6) is 5.75 Å². The van der Waals surface area contributed by atoms with E-state index in [1.807, 2.05) is 54.6 Å². The van der Waals surface area contributed by atoms with Crippen molar-refractivity contribution < 1.29 is 9.66 Å². The summed E-state index contributed by atoms with van der Waals surface area (Å²) >= 11 is 5.28. The highest BCUT2D eigenvalue weighted by atomic mass is 32.1. The van der Waals surface area contributed by atoms with Crippen LogP contribution < -0.4 is 4.74 Å². The minimum atomic E-state index is -0.423. The maximum atomic E-state index is 10.9. The standard InChI is InChI=1S/C22H17N5O3S/c28-27(29)19-8-4-5-17(13-19)15-30-20-11-9-16(10-12-20)14-23-26-21(24-25-22(26)31)18-6-2-1-3-7-18/h1-14H,15H2,(H,25,31)/b23-14-. The molecule has 31 heavy (non-hydrogen) atoms. The van der Waals surface area contributed by atoms with Gasteiger partial charge in [0.25, 0.3) is 5.69 Å². The number of hydrogen-bond donors (Lipinski definition) is 1. The number of hydrogen-bond acceptors (Lipinski definition) is 6. The van der Waals surface area contributed by atoms with E-state index >= 15 is 0 Å². The highest BCUT2D eigenvalue weighted by molar-refractivity contribution is 7.71. The summed E-state index contributed by atoms with van der Waals surface area (Å²) < 4.78 is 7.69. The number of nitrogens with one attached hydrogen (secondary N) is 1. The molecule has 0 atom stereocenters. The molecular weight excluding hydrogens is 414 g/mol. The van der Waals surface area contributed by atoms with E-state index in [4.69, 9.17) is 17.0 Å². The second kappa shape index (κ2) is 9.14. The maximum absolute atomic E-state index is 10.9. The third-order valence-electron chi connectivity index (χ3n) is 4.41. The Kier molecular flexibility index (Phi) is 5.95. The number of benzene rings is 3. The van der Waals surface area contributed by atoms with E-state index in [1.165, 1.54) is 12.1 Å². The highest BCUT2D eigenvalue weighted by Crippen LogP contribution is 2.18. The smallest absolute Gasteiger partial charge is 0.269 e. The molecule has 0 radical (unpaired) electrons. The van der Waals surface area contributed by atoms with Crippen molar-refractivity contribution in [3.63, 3.8) is 0 Å². The summed E-state index contributed by atoms with van der Waals surface area (Å²) in [5.41, 5.74) is 2.52. The second-order valence-corrected chi connectivity index (χ2v) is 6.95. The van der Waals surface area contributed by atoms with Crippen LogP contribution in [-0.4, -0.2) is 26.0 Å². The van der Waals surface area contributed by atoms with Crippen molar-refractivity contribution in [3.8, 4) is 17.1 Å². The van der Waals surface area contributed by atoms with Gasteiger partial charge in [-0.3, -0.25) is 10.1 Å². The Morgan fingerprint density at radius 2 is 1.87 bits per heavy atom. The summed E-state index contributed by atoms with van der Waals surface area (Å²) in [4.78, 5) is 10.4. The Morgan fingerprint density at radius 3 is 2.61 bits per heavy atom. The predicted molar refractivity (Wildman–Crippen MR) is 120 cm³/mol. The summed E-state index contributed by atoms with van der Waals surface area (Å²) in [6.45, 7) is 0.236. The van der Waals surface area contributed by atoms with E-state index in [1.54, 1.807) is 23.0 Å². The third-order valence-corrected chi connectivity index (χ3v) is 4.68. The molecule has 0 aliphatic rings. The number of ether oxygens (including phenoxy) is 1. The molecule has 0 amide bonds. The maximum Gasteiger partial charge on any atom is 0.269 e. The number of rotatable bonds is 7. The van der Waals surface area contributed by atoms with Crippen LogP contribution >= 0.6 is 12.2 Å². The van der Waals surface area contributed by atoms with Crippen LogP contribution in [0.4, 0.5) is 5.69 Å². The Morgan fingerprint density at radius 1 is 1.10 bits per heavy atom. The molecular formula is C22H17N5O3S. The number of aromatic amines is 1. The molecule has 0 fully saturated rings. The average molecular weight is 431 g/mol. The van der Waals surface area contributed by atoms with Crippen LogP contribution in [0.2, 0.25) is 0 Å². The first kappa shape index (κ1) is 20.2. The van der Waals surface area contributed by atoms with Crippen molar-refractivity contribution in [1.82, 2.24) is 14.9 Å². The molecule has 9 heteroatoms. The van der Waals surface area contributed by atoms with Gasteiger partial charge in [0.1, 0.15) is 12.4 Å². The molecule has 0 spiro atoms. The van der Waals surface area contributed by atoms with Crippen LogP contribution in [0.15, 0.2) is 84.0 Å². The van der Waals surface area contributed by atoms with E-state index in [2.05, 4.69) is 15.3 Å². The predicted octanol–water partition coefficient (Wildman–Crippen LogP) is 4.98. The van der Waals surface area contributed by atoms with Crippen LogP contribution in [-0.2, 0) is 6.61 Å². The van der Waals surface area contributed by atoms with Gasteiger partial charge in [-0.1, -0.05) is 42.5 Å². The van der Waals surface area contributed by atoms with E-state index in [9.17, 15) is 10.1 Å². The zero-order chi connectivity index (χ0) is 21.6. The van der Waals surface area contributed by atoms with Gasteiger partial charge in [0.2, 0.25) is 4.77 Å². The summed E-state index contributed by atoms with van der Waals surface area (Å²) in [7, 11) is 0. The van der Waals surface area contributed by atoms with Crippen molar-refractivity contribution >= 4 is 24.1 Å². The van der Waals surface area contributed by atoms with E-state index < -0.39 is 4.92 Å². The van der Waals surface area contributed by atoms with Gasteiger partial charge in [-0.15, -0.1) is 0 Å². The molecule has 1 heterocycles. The topological polar surface area (TPSA) is 98.3 Å². The number of nitro benzene ring substituents is 1. The molecule has 154 valence electrons. The van der Waals surface area contributed by atoms with E-state index in [0.29, 0.717) is 16.3 Å². The lowest BCUT2D eigenvalue weighted by molar-refractivity contribution is -0.384. The summed E-state index contributed by atoms with van der Waals surface area (Å²) in [6, 6.07) is 23.4. The Bertz CT molecular complexity index is 1280. The van der Waals surface area contributed by atoms with Crippen molar-refractivity contribution in [3.05, 3.63) is 105 Å². The van der Waals surface area contributed by atoms with Crippen molar-refractivity contribution in [1.29, 1.82) is 0 Å². The highest BCUT2D eigenvalue weighted by Gasteiger charge is 2.08. The largest absolute Gasteiger partial charge is 0.489 e. The van der Waals surface area contributed by atoms with Gasteiger partial charge < -0.3 is 4.74 Å². The zero-order valence-electron chi connectivity index (χ0n) is 16.2. The van der Waals surface area contributed by atoms with Crippen LogP contribution in [0.1, 0.15) is 11.1 Å². The molecule has 4 rings (SSSR count). The van der Waals surface area contributed by atoms with Gasteiger partial charge in [0.15, 0.2) is 5.82 Å². The molecule has 4 aromatic rings. The number of nitro groups is 1. The van der Waals surface area contributed by atoms with Gasteiger partial charge in [0, 0.05) is 17.7 Å². The van der Waals surface area contributed by atoms with Gasteiger partial charge in [-0.05, 0) is 47.6 Å². The lowest BCUT2D eigenvalue weighted by Crippen LogP contribution is -1.97. The molecule has 0 aliphatic carbocycles. The lowest BCUT2D eigenvalue weighted by atomic mass is 10.2. The fourth-order valence-corrected chi connectivity index (χ4v) is 3.05. The normalized spacial score (nSPS) is 11.0. The van der Waals surface area contributed by atoms with Gasteiger partial charge in [0.05, 0.1) is 11.1 Å². The molecule has 0 saturated heterocycles. The Balaban J connectivity index is 1.44. The molecule has 8 nitrogen and oxygen atoms in total. The fraction of sp³-hybridized carbons (Fsp3) is 0.0455. The first-order valence-electron chi connectivity index (χ1n) is 9.33.